The Hall–Kier alpha value is -1.42. The van der Waals surface area contributed by atoms with Gasteiger partial charge < -0.3 is 5.32 Å². The van der Waals surface area contributed by atoms with Crippen molar-refractivity contribution in [3.63, 3.8) is 0 Å². The number of thioether (sulfide) groups is 1. The number of aryl methyl sites for hydroxylation is 1. The summed E-state index contributed by atoms with van der Waals surface area (Å²) in [5, 5.41) is 5.64. The molecular formula is C16H19N3O3S3. The molecule has 1 aromatic carbocycles. The lowest BCUT2D eigenvalue weighted by Crippen LogP contribution is -2.47. The molecule has 2 aromatic rings. The van der Waals surface area contributed by atoms with E-state index in [4.69, 9.17) is 0 Å². The van der Waals surface area contributed by atoms with Crippen molar-refractivity contribution in [3.05, 3.63) is 52.0 Å². The Balaban J connectivity index is 1.65. The van der Waals surface area contributed by atoms with E-state index in [2.05, 4.69) is 10.3 Å². The number of sulfonamides is 1. The molecule has 0 radical (unpaired) electrons. The predicted octanol–water partition coefficient (Wildman–Crippen LogP) is 1.97. The van der Waals surface area contributed by atoms with Crippen LogP contribution in [-0.4, -0.2) is 41.3 Å². The summed E-state index contributed by atoms with van der Waals surface area (Å²) in [5.41, 5.74) is 1.51. The Morgan fingerprint density at radius 3 is 2.80 bits per heavy atom. The first-order valence-electron chi connectivity index (χ1n) is 7.75. The van der Waals surface area contributed by atoms with Crippen LogP contribution in [0.25, 0.3) is 0 Å². The van der Waals surface area contributed by atoms with Crippen molar-refractivity contribution in [2.75, 3.05) is 11.6 Å². The second kappa shape index (κ2) is 7.86. The van der Waals surface area contributed by atoms with E-state index in [1.54, 1.807) is 12.1 Å². The maximum atomic E-state index is 12.7. The normalized spacial score (nSPS) is 18.4. The summed E-state index contributed by atoms with van der Waals surface area (Å²) in [7, 11) is -3.55. The number of nitrogens with zero attached hydrogens (tertiary/aromatic N) is 2. The van der Waals surface area contributed by atoms with Gasteiger partial charge in [0.15, 0.2) is 0 Å². The minimum Gasteiger partial charge on any atom is -0.349 e. The summed E-state index contributed by atoms with van der Waals surface area (Å²) >= 11 is 2.98. The first-order valence-corrected chi connectivity index (χ1v) is 11.4. The number of aromatic nitrogens is 1. The highest BCUT2D eigenvalue weighted by molar-refractivity contribution is 8.00. The molecule has 6 nitrogen and oxygen atoms in total. The number of thiazole rings is 1. The maximum Gasteiger partial charge on any atom is 0.239 e. The lowest BCUT2D eigenvalue weighted by molar-refractivity contribution is -0.124. The fourth-order valence-corrected chi connectivity index (χ4v) is 6.49. The molecule has 134 valence electrons. The van der Waals surface area contributed by atoms with Crippen molar-refractivity contribution >= 4 is 39.0 Å². The fraction of sp³-hybridized carbons (Fsp3) is 0.375. The van der Waals surface area contributed by atoms with E-state index >= 15 is 0 Å². The largest absolute Gasteiger partial charge is 0.349 e. The summed E-state index contributed by atoms with van der Waals surface area (Å²) in [6.07, 6.45) is 0. The van der Waals surface area contributed by atoms with Crippen molar-refractivity contribution in [2.45, 2.75) is 25.3 Å². The molecular weight excluding hydrogens is 378 g/mol. The third kappa shape index (κ3) is 4.60. The second-order valence-corrected chi connectivity index (χ2v) is 9.70. The molecule has 0 saturated carbocycles. The fourth-order valence-electron chi connectivity index (χ4n) is 2.56. The first kappa shape index (κ1) is 18.4. The number of carbonyl (C=O) groups is 1. The Labute approximate surface area is 155 Å². The van der Waals surface area contributed by atoms with Crippen LogP contribution in [0.4, 0.5) is 0 Å². The molecule has 0 spiro atoms. The lowest BCUT2D eigenvalue weighted by Gasteiger charge is -2.22. The third-order valence-corrected chi connectivity index (χ3v) is 7.60. The third-order valence-electron chi connectivity index (χ3n) is 3.80. The van der Waals surface area contributed by atoms with E-state index < -0.39 is 16.1 Å². The number of carbonyl (C=O) groups excluding carboxylic acids is 1. The zero-order chi connectivity index (χ0) is 17.9. The van der Waals surface area contributed by atoms with Gasteiger partial charge in [0.05, 0.1) is 28.9 Å². The zero-order valence-electron chi connectivity index (χ0n) is 13.7. The Kier molecular flexibility index (Phi) is 5.78. The smallest absolute Gasteiger partial charge is 0.239 e. The van der Waals surface area contributed by atoms with Gasteiger partial charge in [-0.05, 0) is 12.5 Å². The minimum absolute atomic E-state index is 0.0938. The molecule has 1 N–H and O–H groups in total. The van der Waals surface area contributed by atoms with Gasteiger partial charge in [0.25, 0.3) is 0 Å². The summed E-state index contributed by atoms with van der Waals surface area (Å²) in [4.78, 5) is 16.8. The summed E-state index contributed by atoms with van der Waals surface area (Å²) < 4.78 is 26.7. The zero-order valence-corrected chi connectivity index (χ0v) is 16.2. The van der Waals surface area contributed by atoms with Gasteiger partial charge in [-0.25, -0.2) is 13.4 Å². The summed E-state index contributed by atoms with van der Waals surface area (Å²) in [6, 6.07) is 8.35. The number of nitrogens with one attached hydrogen (secondary N) is 1. The van der Waals surface area contributed by atoms with Crippen LogP contribution in [0.3, 0.4) is 0 Å². The Morgan fingerprint density at radius 2 is 2.12 bits per heavy atom. The molecule has 1 amide bonds. The Morgan fingerprint density at radius 1 is 1.36 bits per heavy atom. The van der Waals surface area contributed by atoms with Crippen molar-refractivity contribution in [2.24, 2.45) is 0 Å². The molecule has 1 aliphatic heterocycles. The van der Waals surface area contributed by atoms with Crippen LogP contribution in [0.5, 0.6) is 0 Å². The number of benzene rings is 1. The molecule has 9 heteroatoms. The number of hydrogen-bond donors (Lipinski definition) is 1. The summed E-state index contributed by atoms with van der Waals surface area (Å²) in [6.45, 7) is 2.22. The minimum atomic E-state index is -3.55. The average molecular weight is 398 g/mol. The Bertz CT molecular complexity index is 837. The predicted molar refractivity (Wildman–Crippen MR) is 101 cm³/mol. The van der Waals surface area contributed by atoms with Gasteiger partial charge in [0.1, 0.15) is 6.04 Å². The molecule has 0 unspecified atom stereocenters. The van der Waals surface area contributed by atoms with E-state index in [-0.39, 0.29) is 11.7 Å². The van der Waals surface area contributed by atoms with Crippen molar-refractivity contribution < 1.29 is 13.2 Å². The SMILES string of the molecule is Cc1nc(CNC(=O)[C@H]2CSCN2S(=O)(=O)Cc2ccccc2)cs1. The van der Waals surface area contributed by atoms with Gasteiger partial charge >= 0.3 is 0 Å². The van der Waals surface area contributed by atoms with E-state index in [1.165, 1.54) is 27.4 Å². The summed E-state index contributed by atoms with van der Waals surface area (Å²) in [5.74, 6) is 0.412. The highest BCUT2D eigenvalue weighted by Crippen LogP contribution is 2.26. The molecule has 1 atom stereocenters. The van der Waals surface area contributed by atoms with Crippen LogP contribution in [0.1, 0.15) is 16.3 Å². The molecule has 1 fully saturated rings. The highest BCUT2D eigenvalue weighted by Gasteiger charge is 2.39. The van der Waals surface area contributed by atoms with Gasteiger partial charge in [-0.2, -0.15) is 4.31 Å². The topological polar surface area (TPSA) is 79.4 Å². The van der Waals surface area contributed by atoms with E-state index in [9.17, 15) is 13.2 Å². The number of rotatable bonds is 6. The highest BCUT2D eigenvalue weighted by atomic mass is 32.2. The van der Waals surface area contributed by atoms with Crippen molar-refractivity contribution in [1.82, 2.24) is 14.6 Å². The monoisotopic (exact) mass is 397 g/mol. The lowest BCUT2D eigenvalue weighted by atomic mass is 10.2. The number of hydrogen-bond acceptors (Lipinski definition) is 6. The maximum absolute atomic E-state index is 12.7. The number of amides is 1. The van der Waals surface area contributed by atoms with E-state index in [0.717, 1.165) is 16.3 Å². The van der Waals surface area contributed by atoms with Crippen LogP contribution in [-0.2, 0) is 27.1 Å². The molecule has 0 bridgehead atoms. The van der Waals surface area contributed by atoms with Crippen LogP contribution in [0.15, 0.2) is 35.7 Å². The molecule has 1 aliphatic rings. The van der Waals surface area contributed by atoms with Gasteiger partial charge in [-0.3, -0.25) is 4.79 Å². The molecule has 3 rings (SSSR count). The quantitative estimate of drug-likeness (QED) is 0.806. The van der Waals surface area contributed by atoms with Gasteiger partial charge in [-0.15, -0.1) is 23.1 Å². The molecule has 0 aliphatic carbocycles. The van der Waals surface area contributed by atoms with Gasteiger partial charge in [0.2, 0.25) is 15.9 Å². The molecule has 1 aromatic heterocycles. The molecule has 1 saturated heterocycles. The van der Waals surface area contributed by atoms with Crippen LogP contribution < -0.4 is 5.32 Å². The van der Waals surface area contributed by atoms with Crippen molar-refractivity contribution in [3.8, 4) is 0 Å². The average Bonchev–Trinajstić information content (AvgIpc) is 3.22. The first-order chi connectivity index (χ1) is 12.0. The van der Waals surface area contributed by atoms with Crippen LogP contribution in [0, 0.1) is 6.92 Å². The van der Waals surface area contributed by atoms with E-state index in [1.807, 2.05) is 30.5 Å². The molecule has 2 heterocycles. The standard InChI is InChI=1S/C16H19N3O3S3/c1-12-18-14(8-24-12)7-17-16(20)15-9-23-11-19(15)25(21,22)10-13-5-3-2-4-6-13/h2-6,8,15H,7,9-11H2,1H3,(H,17,20)/t15-/m1/s1. The van der Waals surface area contributed by atoms with Gasteiger partial charge in [0, 0.05) is 11.1 Å². The van der Waals surface area contributed by atoms with E-state index in [0.29, 0.717) is 18.2 Å². The van der Waals surface area contributed by atoms with Crippen molar-refractivity contribution in [1.29, 1.82) is 0 Å². The molecule has 25 heavy (non-hydrogen) atoms. The van der Waals surface area contributed by atoms with Crippen LogP contribution >= 0.6 is 23.1 Å². The van der Waals surface area contributed by atoms with Gasteiger partial charge in [-0.1, -0.05) is 30.3 Å². The second-order valence-electron chi connectivity index (χ2n) is 5.72. The van der Waals surface area contributed by atoms with Crippen LogP contribution in [0.2, 0.25) is 0 Å².